The molecule has 1 nitrogen and oxygen atoms in total. The molecule has 88 valence electrons. The van der Waals surface area contributed by atoms with Gasteiger partial charge in [-0.1, -0.05) is 26.3 Å². The van der Waals surface area contributed by atoms with Crippen molar-refractivity contribution < 1.29 is 5.11 Å². The molecular weight excluding hydrogens is 196 g/mol. The number of hydrogen-bond donors (Lipinski definition) is 1. The molecule has 0 amide bonds. The maximum absolute atomic E-state index is 9.85. The molecule has 1 heteroatoms. The molecule has 0 radical (unpaired) electrons. The van der Waals surface area contributed by atoms with E-state index in [9.17, 15) is 5.11 Å². The standard InChI is InChI=1S/C15H22O/c1-4-11-6-7-12-8-10(3)15(16)9-14(12)13(11)5-2/h8-9,11,13,16H,4-7H2,1-3H3. The van der Waals surface area contributed by atoms with Crippen molar-refractivity contribution in [2.45, 2.75) is 52.4 Å². The molecule has 2 unspecified atom stereocenters. The van der Waals surface area contributed by atoms with Crippen LogP contribution in [-0.2, 0) is 6.42 Å². The molecule has 1 aliphatic rings. The maximum atomic E-state index is 9.85. The molecule has 0 saturated heterocycles. The minimum Gasteiger partial charge on any atom is -0.508 e. The highest BCUT2D eigenvalue weighted by Crippen LogP contribution is 2.41. The Morgan fingerprint density at radius 3 is 2.62 bits per heavy atom. The van der Waals surface area contributed by atoms with E-state index < -0.39 is 0 Å². The van der Waals surface area contributed by atoms with Crippen molar-refractivity contribution in [1.82, 2.24) is 0 Å². The van der Waals surface area contributed by atoms with Crippen LogP contribution < -0.4 is 0 Å². The Balaban J connectivity index is 2.44. The van der Waals surface area contributed by atoms with Gasteiger partial charge in [-0.15, -0.1) is 0 Å². The summed E-state index contributed by atoms with van der Waals surface area (Å²) < 4.78 is 0. The molecule has 1 N–H and O–H groups in total. The largest absolute Gasteiger partial charge is 0.508 e. The third kappa shape index (κ3) is 1.83. The second-order valence-corrected chi connectivity index (χ2v) is 5.06. The van der Waals surface area contributed by atoms with Crippen molar-refractivity contribution in [3.05, 3.63) is 28.8 Å². The molecule has 1 aliphatic carbocycles. The second kappa shape index (κ2) is 4.48. The normalized spacial score (nSPS) is 24.2. The number of aryl methyl sites for hydroxylation is 2. The Kier molecular flexibility index (Phi) is 3.22. The lowest BCUT2D eigenvalue weighted by Crippen LogP contribution is -2.19. The van der Waals surface area contributed by atoms with Crippen molar-refractivity contribution in [2.24, 2.45) is 5.92 Å². The number of fused-ring (bicyclic) bond motifs is 1. The van der Waals surface area contributed by atoms with E-state index in [1.807, 2.05) is 13.0 Å². The van der Waals surface area contributed by atoms with Gasteiger partial charge in [0.25, 0.3) is 0 Å². The number of hydrogen-bond acceptors (Lipinski definition) is 1. The third-order valence-corrected chi connectivity index (χ3v) is 4.17. The molecule has 0 fully saturated rings. The van der Waals surface area contributed by atoms with Gasteiger partial charge in [0.2, 0.25) is 0 Å². The fourth-order valence-corrected chi connectivity index (χ4v) is 3.17. The van der Waals surface area contributed by atoms with Crippen LogP contribution in [0.4, 0.5) is 0 Å². The monoisotopic (exact) mass is 218 g/mol. The molecule has 0 spiro atoms. The molecule has 0 aliphatic heterocycles. The lowest BCUT2D eigenvalue weighted by atomic mass is 9.72. The minimum atomic E-state index is 0.467. The summed E-state index contributed by atoms with van der Waals surface area (Å²) in [5.74, 6) is 1.92. The first-order valence-electron chi connectivity index (χ1n) is 6.49. The second-order valence-electron chi connectivity index (χ2n) is 5.06. The quantitative estimate of drug-likeness (QED) is 0.790. The molecule has 1 aromatic carbocycles. The predicted octanol–water partition coefficient (Wildman–Crippen LogP) is 4.17. The topological polar surface area (TPSA) is 20.2 Å². The summed E-state index contributed by atoms with van der Waals surface area (Å²) in [6.07, 6.45) is 4.94. The first-order valence-corrected chi connectivity index (χ1v) is 6.49. The van der Waals surface area contributed by atoms with E-state index in [-0.39, 0.29) is 0 Å². The Morgan fingerprint density at radius 1 is 1.25 bits per heavy atom. The van der Waals surface area contributed by atoms with Gasteiger partial charge in [0, 0.05) is 0 Å². The molecular formula is C15H22O. The molecule has 16 heavy (non-hydrogen) atoms. The highest BCUT2D eigenvalue weighted by Gasteiger charge is 2.27. The zero-order valence-corrected chi connectivity index (χ0v) is 10.6. The van der Waals surface area contributed by atoms with Gasteiger partial charge in [-0.05, 0) is 60.8 Å². The lowest BCUT2D eigenvalue weighted by molar-refractivity contribution is 0.351. The van der Waals surface area contributed by atoms with Crippen LogP contribution in [0.5, 0.6) is 5.75 Å². The van der Waals surface area contributed by atoms with Crippen LogP contribution in [0.3, 0.4) is 0 Å². The Morgan fingerprint density at radius 2 is 2.00 bits per heavy atom. The maximum Gasteiger partial charge on any atom is 0.118 e. The van der Waals surface area contributed by atoms with Crippen molar-refractivity contribution in [1.29, 1.82) is 0 Å². The predicted molar refractivity (Wildman–Crippen MR) is 68.0 cm³/mol. The van der Waals surface area contributed by atoms with Crippen LogP contribution in [0.25, 0.3) is 0 Å². The summed E-state index contributed by atoms with van der Waals surface area (Å²) in [7, 11) is 0. The molecule has 0 heterocycles. The van der Waals surface area contributed by atoms with Gasteiger partial charge in [-0.2, -0.15) is 0 Å². The van der Waals surface area contributed by atoms with Crippen LogP contribution >= 0.6 is 0 Å². The number of phenolic OH excluding ortho intramolecular Hbond substituents is 1. The van der Waals surface area contributed by atoms with Crippen molar-refractivity contribution in [3.63, 3.8) is 0 Å². The van der Waals surface area contributed by atoms with Crippen LogP contribution in [-0.4, -0.2) is 5.11 Å². The van der Waals surface area contributed by atoms with E-state index in [4.69, 9.17) is 0 Å². The summed E-state index contributed by atoms with van der Waals surface area (Å²) >= 11 is 0. The SMILES string of the molecule is CCC1CCc2cc(C)c(O)cc2C1CC. The van der Waals surface area contributed by atoms with Gasteiger partial charge >= 0.3 is 0 Å². The molecule has 2 rings (SSSR count). The average molecular weight is 218 g/mol. The van der Waals surface area contributed by atoms with Gasteiger partial charge < -0.3 is 5.11 Å². The first kappa shape index (κ1) is 11.5. The third-order valence-electron chi connectivity index (χ3n) is 4.17. The first-order chi connectivity index (χ1) is 7.67. The van der Waals surface area contributed by atoms with E-state index in [2.05, 4.69) is 19.9 Å². The van der Waals surface area contributed by atoms with Crippen LogP contribution in [0.1, 0.15) is 55.7 Å². The van der Waals surface area contributed by atoms with Crippen LogP contribution in [0, 0.1) is 12.8 Å². The summed E-state index contributed by atoms with van der Waals surface area (Å²) in [6, 6.07) is 4.19. The number of aromatic hydroxyl groups is 1. The average Bonchev–Trinajstić information content (AvgIpc) is 2.29. The van der Waals surface area contributed by atoms with E-state index in [1.165, 1.54) is 36.8 Å². The summed E-state index contributed by atoms with van der Waals surface area (Å²) in [5, 5.41) is 9.85. The Bertz CT molecular complexity index is 381. The highest BCUT2D eigenvalue weighted by atomic mass is 16.3. The lowest BCUT2D eigenvalue weighted by Gasteiger charge is -2.33. The fourth-order valence-electron chi connectivity index (χ4n) is 3.17. The van der Waals surface area contributed by atoms with Crippen molar-refractivity contribution in [3.8, 4) is 5.75 Å². The van der Waals surface area contributed by atoms with Gasteiger partial charge in [0.05, 0.1) is 0 Å². The van der Waals surface area contributed by atoms with Crippen LogP contribution in [0.2, 0.25) is 0 Å². The Hall–Kier alpha value is -0.980. The molecule has 0 aromatic heterocycles. The molecule has 0 bridgehead atoms. The van der Waals surface area contributed by atoms with Gasteiger partial charge in [0.1, 0.15) is 5.75 Å². The summed E-state index contributed by atoms with van der Waals surface area (Å²) in [6.45, 7) is 6.54. The Labute approximate surface area is 98.5 Å². The number of benzene rings is 1. The molecule has 1 aromatic rings. The van der Waals surface area contributed by atoms with E-state index >= 15 is 0 Å². The molecule has 0 saturated carbocycles. The van der Waals surface area contributed by atoms with Crippen molar-refractivity contribution in [2.75, 3.05) is 0 Å². The summed E-state index contributed by atoms with van der Waals surface area (Å²) in [5.41, 5.74) is 3.89. The van der Waals surface area contributed by atoms with E-state index in [0.29, 0.717) is 11.7 Å². The minimum absolute atomic E-state index is 0.467. The highest BCUT2D eigenvalue weighted by molar-refractivity contribution is 5.44. The van der Waals surface area contributed by atoms with E-state index in [0.717, 1.165) is 11.5 Å². The van der Waals surface area contributed by atoms with Crippen molar-refractivity contribution >= 4 is 0 Å². The van der Waals surface area contributed by atoms with Crippen LogP contribution in [0.15, 0.2) is 12.1 Å². The van der Waals surface area contributed by atoms with E-state index in [1.54, 1.807) is 0 Å². The number of phenols is 1. The zero-order chi connectivity index (χ0) is 11.7. The number of rotatable bonds is 2. The fraction of sp³-hybridized carbons (Fsp3) is 0.600. The van der Waals surface area contributed by atoms with Gasteiger partial charge in [-0.25, -0.2) is 0 Å². The zero-order valence-electron chi connectivity index (χ0n) is 10.6. The molecule has 2 atom stereocenters. The smallest absolute Gasteiger partial charge is 0.118 e. The summed E-state index contributed by atoms with van der Waals surface area (Å²) in [4.78, 5) is 0. The van der Waals surface area contributed by atoms with Gasteiger partial charge in [-0.3, -0.25) is 0 Å². The van der Waals surface area contributed by atoms with Gasteiger partial charge in [0.15, 0.2) is 0 Å².